The number of anilines is 2. The lowest BCUT2D eigenvalue weighted by Crippen LogP contribution is -2.32. The number of nitrogens with one attached hydrogen (secondary N) is 2. The van der Waals surface area contributed by atoms with Crippen molar-refractivity contribution in [1.29, 1.82) is 0 Å². The SMILES string of the molecule is CCCN(CCC)C(=O)c1ccc(NC(=O)CNc2cccc(OCCc3ccccc3)c2)cc1. The summed E-state index contributed by atoms with van der Waals surface area (Å²) in [6, 6.07) is 24.9. The Morgan fingerprint density at radius 2 is 1.54 bits per heavy atom. The zero-order chi connectivity index (χ0) is 24.9. The molecular weight excluding hydrogens is 438 g/mol. The Balaban J connectivity index is 1.46. The maximum absolute atomic E-state index is 12.7. The monoisotopic (exact) mass is 473 g/mol. The Morgan fingerprint density at radius 1 is 0.829 bits per heavy atom. The van der Waals surface area contributed by atoms with Gasteiger partial charge in [0.2, 0.25) is 5.91 Å². The quantitative estimate of drug-likeness (QED) is 0.338. The van der Waals surface area contributed by atoms with Gasteiger partial charge in [0.25, 0.3) is 5.91 Å². The van der Waals surface area contributed by atoms with E-state index in [1.54, 1.807) is 24.3 Å². The van der Waals surface area contributed by atoms with E-state index in [-0.39, 0.29) is 18.4 Å². The molecule has 0 radical (unpaired) electrons. The van der Waals surface area contributed by atoms with Gasteiger partial charge >= 0.3 is 0 Å². The van der Waals surface area contributed by atoms with Crippen LogP contribution in [0.15, 0.2) is 78.9 Å². The van der Waals surface area contributed by atoms with Crippen molar-refractivity contribution in [3.05, 3.63) is 90.0 Å². The van der Waals surface area contributed by atoms with Crippen LogP contribution in [0.1, 0.15) is 42.6 Å². The van der Waals surface area contributed by atoms with Gasteiger partial charge < -0.3 is 20.3 Å². The van der Waals surface area contributed by atoms with E-state index in [2.05, 4.69) is 36.6 Å². The van der Waals surface area contributed by atoms with E-state index in [9.17, 15) is 9.59 Å². The molecule has 6 heteroatoms. The highest BCUT2D eigenvalue weighted by molar-refractivity contribution is 5.96. The molecule has 0 heterocycles. The van der Waals surface area contributed by atoms with Gasteiger partial charge in [-0.05, 0) is 54.8 Å². The fraction of sp³-hybridized carbons (Fsp3) is 0.310. The molecule has 0 saturated heterocycles. The number of hydrogen-bond donors (Lipinski definition) is 2. The molecule has 0 aliphatic rings. The minimum atomic E-state index is -0.168. The molecular formula is C29H35N3O3. The second kappa shape index (κ2) is 13.8. The summed E-state index contributed by atoms with van der Waals surface area (Å²) in [7, 11) is 0. The second-order valence-corrected chi connectivity index (χ2v) is 8.38. The van der Waals surface area contributed by atoms with E-state index >= 15 is 0 Å². The zero-order valence-corrected chi connectivity index (χ0v) is 20.6. The first kappa shape index (κ1) is 25.8. The third kappa shape index (κ3) is 8.49. The summed E-state index contributed by atoms with van der Waals surface area (Å²) in [5.41, 5.74) is 3.33. The minimum absolute atomic E-state index is 0.0270. The molecule has 6 nitrogen and oxygen atoms in total. The first-order valence-electron chi connectivity index (χ1n) is 12.3. The summed E-state index contributed by atoms with van der Waals surface area (Å²) in [5, 5.41) is 6.00. The van der Waals surface area contributed by atoms with E-state index in [1.807, 2.05) is 47.4 Å². The summed E-state index contributed by atoms with van der Waals surface area (Å²) in [4.78, 5) is 27.0. The molecule has 0 aromatic heterocycles. The van der Waals surface area contributed by atoms with Crippen molar-refractivity contribution in [2.24, 2.45) is 0 Å². The van der Waals surface area contributed by atoms with Crippen LogP contribution in [0.5, 0.6) is 5.75 Å². The average molecular weight is 474 g/mol. The normalized spacial score (nSPS) is 10.5. The summed E-state index contributed by atoms with van der Waals surface area (Å²) < 4.78 is 5.86. The number of nitrogens with zero attached hydrogens (tertiary/aromatic N) is 1. The van der Waals surface area contributed by atoms with E-state index in [0.29, 0.717) is 17.9 Å². The van der Waals surface area contributed by atoms with Crippen LogP contribution in [0.4, 0.5) is 11.4 Å². The first-order valence-corrected chi connectivity index (χ1v) is 12.3. The molecule has 3 aromatic carbocycles. The average Bonchev–Trinajstić information content (AvgIpc) is 2.88. The van der Waals surface area contributed by atoms with Crippen LogP contribution in [0.25, 0.3) is 0 Å². The highest BCUT2D eigenvalue weighted by atomic mass is 16.5. The third-order valence-electron chi connectivity index (χ3n) is 5.48. The van der Waals surface area contributed by atoms with Gasteiger partial charge in [0.05, 0.1) is 13.2 Å². The standard InChI is InChI=1S/C29H35N3O3/c1-3-18-32(19-4-2)29(34)24-13-15-25(16-14-24)31-28(33)22-30-26-11-8-12-27(21-26)35-20-17-23-9-6-5-7-10-23/h5-16,21,30H,3-4,17-20,22H2,1-2H3,(H,31,33). The van der Waals surface area contributed by atoms with E-state index in [0.717, 1.165) is 43.8 Å². The maximum Gasteiger partial charge on any atom is 0.253 e. The van der Waals surface area contributed by atoms with Crippen molar-refractivity contribution in [2.75, 3.05) is 36.9 Å². The van der Waals surface area contributed by atoms with Crippen molar-refractivity contribution in [2.45, 2.75) is 33.1 Å². The number of amides is 2. The van der Waals surface area contributed by atoms with Gasteiger partial charge in [-0.2, -0.15) is 0 Å². The third-order valence-corrected chi connectivity index (χ3v) is 5.48. The van der Waals surface area contributed by atoms with Crippen LogP contribution in [0.2, 0.25) is 0 Å². The lowest BCUT2D eigenvalue weighted by molar-refractivity contribution is -0.114. The number of ether oxygens (including phenoxy) is 1. The molecule has 2 amide bonds. The molecule has 0 fully saturated rings. The smallest absolute Gasteiger partial charge is 0.253 e. The Kier molecular flexibility index (Phi) is 10.2. The fourth-order valence-electron chi connectivity index (χ4n) is 3.75. The lowest BCUT2D eigenvalue weighted by Gasteiger charge is -2.21. The zero-order valence-electron chi connectivity index (χ0n) is 20.6. The summed E-state index contributed by atoms with van der Waals surface area (Å²) in [5.74, 6) is 0.615. The Labute approximate surface area is 208 Å². The first-order chi connectivity index (χ1) is 17.1. The van der Waals surface area contributed by atoms with Crippen molar-refractivity contribution in [1.82, 2.24) is 4.90 Å². The lowest BCUT2D eigenvalue weighted by atomic mass is 10.1. The maximum atomic E-state index is 12.7. The molecule has 35 heavy (non-hydrogen) atoms. The number of benzene rings is 3. The predicted molar refractivity (Wildman–Crippen MR) is 142 cm³/mol. The topological polar surface area (TPSA) is 70.7 Å². The van der Waals surface area contributed by atoms with Crippen LogP contribution >= 0.6 is 0 Å². The molecule has 0 aliphatic heterocycles. The second-order valence-electron chi connectivity index (χ2n) is 8.38. The molecule has 0 unspecified atom stereocenters. The van der Waals surface area contributed by atoms with Crippen molar-refractivity contribution in [3.63, 3.8) is 0 Å². The summed E-state index contributed by atoms with van der Waals surface area (Å²) in [6.07, 6.45) is 2.69. The van der Waals surface area contributed by atoms with Crippen LogP contribution in [-0.2, 0) is 11.2 Å². The van der Waals surface area contributed by atoms with Gasteiger partial charge in [-0.25, -0.2) is 0 Å². The van der Waals surface area contributed by atoms with E-state index < -0.39 is 0 Å². The summed E-state index contributed by atoms with van der Waals surface area (Å²) >= 11 is 0. The molecule has 0 spiro atoms. The van der Waals surface area contributed by atoms with Gasteiger partial charge in [-0.15, -0.1) is 0 Å². The fourth-order valence-corrected chi connectivity index (χ4v) is 3.75. The largest absolute Gasteiger partial charge is 0.493 e. The molecule has 0 aliphatic carbocycles. The van der Waals surface area contributed by atoms with E-state index in [1.165, 1.54) is 5.56 Å². The van der Waals surface area contributed by atoms with Gasteiger partial charge in [-0.3, -0.25) is 9.59 Å². The van der Waals surface area contributed by atoms with Crippen molar-refractivity contribution in [3.8, 4) is 5.75 Å². The molecule has 0 saturated carbocycles. The van der Waals surface area contributed by atoms with Gasteiger partial charge in [0, 0.05) is 42.5 Å². The van der Waals surface area contributed by atoms with Gasteiger partial charge in [0.15, 0.2) is 0 Å². The molecule has 2 N–H and O–H groups in total. The Hall–Kier alpha value is -3.80. The minimum Gasteiger partial charge on any atom is -0.493 e. The Bertz CT molecular complexity index is 1060. The predicted octanol–water partition coefficient (Wildman–Crippen LogP) is 5.62. The molecule has 0 bridgehead atoms. The van der Waals surface area contributed by atoms with E-state index in [4.69, 9.17) is 4.74 Å². The van der Waals surface area contributed by atoms with Crippen LogP contribution in [0.3, 0.4) is 0 Å². The summed E-state index contributed by atoms with van der Waals surface area (Å²) in [6.45, 7) is 6.33. The molecule has 184 valence electrons. The highest BCUT2D eigenvalue weighted by Gasteiger charge is 2.14. The molecule has 3 aromatic rings. The van der Waals surface area contributed by atoms with Crippen molar-refractivity contribution >= 4 is 23.2 Å². The number of carbonyl (C=O) groups excluding carboxylic acids is 2. The van der Waals surface area contributed by atoms with Crippen LogP contribution in [0, 0.1) is 0 Å². The Morgan fingerprint density at radius 3 is 2.23 bits per heavy atom. The number of rotatable bonds is 13. The van der Waals surface area contributed by atoms with Crippen molar-refractivity contribution < 1.29 is 14.3 Å². The van der Waals surface area contributed by atoms with Crippen LogP contribution < -0.4 is 15.4 Å². The van der Waals surface area contributed by atoms with Gasteiger partial charge in [0.1, 0.15) is 5.75 Å². The number of carbonyl (C=O) groups is 2. The van der Waals surface area contributed by atoms with Gasteiger partial charge in [-0.1, -0.05) is 50.2 Å². The highest BCUT2D eigenvalue weighted by Crippen LogP contribution is 2.18. The molecule has 0 atom stereocenters. The van der Waals surface area contributed by atoms with Crippen LogP contribution in [-0.4, -0.2) is 43.0 Å². The molecule has 3 rings (SSSR count). The number of hydrogen-bond acceptors (Lipinski definition) is 4.